The zero-order chi connectivity index (χ0) is 14.4. The number of aryl methyl sites for hydroxylation is 1. The lowest BCUT2D eigenvalue weighted by molar-refractivity contribution is 0.181. The molecule has 0 saturated carbocycles. The van der Waals surface area contributed by atoms with Crippen LogP contribution in [0.4, 0.5) is 0 Å². The molecule has 0 fully saturated rings. The van der Waals surface area contributed by atoms with Crippen molar-refractivity contribution in [3.8, 4) is 0 Å². The largest absolute Gasteiger partial charge is 0.378 e. The van der Waals surface area contributed by atoms with E-state index in [4.69, 9.17) is 9.72 Å². The van der Waals surface area contributed by atoms with Crippen LogP contribution in [0.5, 0.6) is 0 Å². The standard InChI is InChI=1S/C14H21N3OS2/c1-4-5-15-7-12-11(8-18-3)17-14(20-12)6-13-16-10(2)9-19-13/h9,15H,4-8H2,1-3H3. The number of nitrogens with one attached hydrogen (secondary N) is 1. The van der Waals surface area contributed by atoms with Crippen molar-refractivity contribution in [2.24, 2.45) is 0 Å². The van der Waals surface area contributed by atoms with Crippen LogP contribution in [-0.2, 0) is 24.3 Å². The van der Waals surface area contributed by atoms with Crippen molar-refractivity contribution in [2.45, 2.75) is 39.8 Å². The highest BCUT2D eigenvalue weighted by Gasteiger charge is 2.12. The van der Waals surface area contributed by atoms with Crippen LogP contribution in [0.15, 0.2) is 5.38 Å². The summed E-state index contributed by atoms with van der Waals surface area (Å²) in [5.74, 6) is 0. The molecular weight excluding hydrogens is 290 g/mol. The van der Waals surface area contributed by atoms with E-state index in [-0.39, 0.29) is 0 Å². The maximum absolute atomic E-state index is 5.25. The quantitative estimate of drug-likeness (QED) is 0.761. The molecule has 0 radical (unpaired) electrons. The summed E-state index contributed by atoms with van der Waals surface area (Å²) >= 11 is 3.47. The number of aromatic nitrogens is 2. The fraction of sp³-hybridized carbons (Fsp3) is 0.571. The lowest BCUT2D eigenvalue weighted by Crippen LogP contribution is -2.14. The van der Waals surface area contributed by atoms with Crippen LogP contribution in [0.1, 0.15) is 39.6 Å². The van der Waals surface area contributed by atoms with Gasteiger partial charge in [-0.25, -0.2) is 9.97 Å². The summed E-state index contributed by atoms with van der Waals surface area (Å²) in [7, 11) is 1.71. The molecule has 1 N–H and O–H groups in total. The van der Waals surface area contributed by atoms with Gasteiger partial charge in [-0.3, -0.25) is 0 Å². The number of hydrogen-bond acceptors (Lipinski definition) is 6. The van der Waals surface area contributed by atoms with Gasteiger partial charge < -0.3 is 10.1 Å². The van der Waals surface area contributed by atoms with Crippen molar-refractivity contribution in [2.75, 3.05) is 13.7 Å². The first-order valence-corrected chi connectivity index (χ1v) is 8.50. The molecular formula is C14H21N3OS2. The van der Waals surface area contributed by atoms with Gasteiger partial charge in [0.2, 0.25) is 0 Å². The maximum Gasteiger partial charge on any atom is 0.100 e. The van der Waals surface area contributed by atoms with Gasteiger partial charge in [0.25, 0.3) is 0 Å². The predicted octanol–water partition coefficient (Wildman–Crippen LogP) is 3.14. The number of rotatable bonds is 8. The van der Waals surface area contributed by atoms with Gasteiger partial charge in [-0.05, 0) is 19.9 Å². The SMILES string of the molecule is CCCNCc1sc(Cc2nc(C)cs2)nc1COC. The topological polar surface area (TPSA) is 47.0 Å². The zero-order valence-electron chi connectivity index (χ0n) is 12.2. The highest BCUT2D eigenvalue weighted by molar-refractivity contribution is 7.12. The summed E-state index contributed by atoms with van der Waals surface area (Å²) in [5, 5.41) is 7.78. The van der Waals surface area contributed by atoms with E-state index in [0.717, 1.165) is 47.3 Å². The van der Waals surface area contributed by atoms with Gasteiger partial charge in [0.15, 0.2) is 0 Å². The second-order valence-corrected chi connectivity index (χ2v) is 6.76. The Hall–Kier alpha value is -0.820. The van der Waals surface area contributed by atoms with Crippen LogP contribution >= 0.6 is 22.7 Å². The average molecular weight is 311 g/mol. The third kappa shape index (κ3) is 4.34. The van der Waals surface area contributed by atoms with Gasteiger partial charge in [-0.2, -0.15) is 0 Å². The first kappa shape index (κ1) is 15.6. The van der Waals surface area contributed by atoms with E-state index in [1.165, 1.54) is 4.88 Å². The molecule has 4 nitrogen and oxygen atoms in total. The molecule has 0 saturated heterocycles. The van der Waals surface area contributed by atoms with Gasteiger partial charge in [0.05, 0.1) is 23.7 Å². The van der Waals surface area contributed by atoms with Gasteiger partial charge in [0.1, 0.15) is 5.01 Å². The normalized spacial score (nSPS) is 11.2. The molecule has 0 aliphatic rings. The molecule has 2 rings (SSSR count). The Kier molecular flexibility index (Phi) is 6.09. The van der Waals surface area contributed by atoms with Crippen molar-refractivity contribution < 1.29 is 4.74 Å². The van der Waals surface area contributed by atoms with Gasteiger partial charge in [-0.15, -0.1) is 22.7 Å². The number of nitrogens with zero attached hydrogens (tertiary/aromatic N) is 2. The van der Waals surface area contributed by atoms with E-state index in [0.29, 0.717) is 6.61 Å². The second kappa shape index (κ2) is 7.83. The Balaban J connectivity index is 2.07. The maximum atomic E-state index is 5.25. The molecule has 2 aromatic rings. The Morgan fingerprint density at radius 1 is 1.30 bits per heavy atom. The van der Waals surface area contributed by atoms with Crippen LogP contribution in [-0.4, -0.2) is 23.6 Å². The van der Waals surface area contributed by atoms with Crippen LogP contribution in [0.2, 0.25) is 0 Å². The lowest BCUT2D eigenvalue weighted by Gasteiger charge is -2.02. The van der Waals surface area contributed by atoms with Crippen LogP contribution in [0, 0.1) is 6.92 Å². The molecule has 0 atom stereocenters. The summed E-state index contributed by atoms with van der Waals surface area (Å²) in [6, 6.07) is 0. The van der Waals surface area contributed by atoms with Gasteiger partial charge >= 0.3 is 0 Å². The third-order valence-corrected chi connectivity index (χ3v) is 4.85. The molecule has 0 spiro atoms. The Morgan fingerprint density at radius 3 is 2.80 bits per heavy atom. The molecule has 6 heteroatoms. The Bertz CT molecular complexity index is 536. The molecule has 0 bridgehead atoms. The van der Waals surface area contributed by atoms with Gasteiger partial charge in [-0.1, -0.05) is 6.92 Å². The summed E-state index contributed by atoms with van der Waals surface area (Å²) in [4.78, 5) is 10.5. The number of ether oxygens (including phenoxy) is 1. The molecule has 2 aromatic heterocycles. The smallest absolute Gasteiger partial charge is 0.100 e. The number of hydrogen-bond donors (Lipinski definition) is 1. The molecule has 110 valence electrons. The average Bonchev–Trinajstić information content (AvgIpc) is 2.98. The van der Waals surface area contributed by atoms with E-state index < -0.39 is 0 Å². The minimum atomic E-state index is 0.580. The summed E-state index contributed by atoms with van der Waals surface area (Å²) in [6.45, 7) is 6.69. The van der Waals surface area contributed by atoms with Crippen LogP contribution < -0.4 is 5.32 Å². The highest BCUT2D eigenvalue weighted by Crippen LogP contribution is 2.23. The van der Waals surface area contributed by atoms with Crippen molar-refractivity contribution in [3.63, 3.8) is 0 Å². The molecule has 0 aliphatic heterocycles. The van der Waals surface area contributed by atoms with Crippen molar-refractivity contribution in [1.29, 1.82) is 0 Å². The van der Waals surface area contributed by atoms with Crippen LogP contribution in [0.3, 0.4) is 0 Å². The fourth-order valence-electron chi connectivity index (χ4n) is 1.89. The summed E-state index contributed by atoms with van der Waals surface area (Å²) < 4.78 is 5.25. The second-order valence-electron chi connectivity index (χ2n) is 4.65. The van der Waals surface area contributed by atoms with E-state index in [1.807, 2.05) is 6.92 Å². The molecule has 0 aromatic carbocycles. The van der Waals surface area contributed by atoms with E-state index >= 15 is 0 Å². The minimum absolute atomic E-state index is 0.580. The molecule has 2 heterocycles. The molecule has 0 amide bonds. The molecule has 0 aliphatic carbocycles. The van der Waals surface area contributed by atoms with Crippen molar-refractivity contribution >= 4 is 22.7 Å². The number of methoxy groups -OCH3 is 1. The van der Waals surface area contributed by atoms with Crippen molar-refractivity contribution in [3.05, 3.63) is 31.7 Å². The lowest BCUT2D eigenvalue weighted by atomic mass is 10.3. The Morgan fingerprint density at radius 2 is 2.15 bits per heavy atom. The minimum Gasteiger partial charge on any atom is -0.378 e. The number of thiazole rings is 2. The zero-order valence-corrected chi connectivity index (χ0v) is 13.9. The monoisotopic (exact) mass is 311 g/mol. The van der Waals surface area contributed by atoms with E-state index in [2.05, 4.69) is 22.6 Å². The predicted molar refractivity (Wildman–Crippen MR) is 84.5 cm³/mol. The van der Waals surface area contributed by atoms with Crippen LogP contribution in [0.25, 0.3) is 0 Å². The third-order valence-electron chi connectivity index (χ3n) is 2.78. The van der Waals surface area contributed by atoms with Gasteiger partial charge in [0, 0.05) is 29.6 Å². The summed E-state index contributed by atoms with van der Waals surface area (Å²) in [5.41, 5.74) is 2.15. The summed E-state index contributed by atoms with van der Waals surface area (Å²) in [6.07, 6.45) is 1.97. The van der Waals surface area contributed by atoms with Crippen molar-refractivity contribution in [1.82, 2.24) is 15.3 Å². The Labute approximate surface area is 128 Å². The first-order chi connectivity index (χ1) is 9.72. The fourth-order valence-corrected chi connectivity index (χ4v) is 3.81. The molecule has 0 unspecified atom stereocenters. The van der Waals surface area contributed by atoms with E-state index in [1.54, 1.807) is 29.8 Å². The van der Waals surface area contributed by atoms with E-state index in [9.17, 15) is 0 Å². The first-order valence-electron chi connectivity index (χ1n) is 6.81. The highest BCUT2D eigenvalue weighted by atomic mass is 32.1. The molecule has 20 heavy (non-hydrogen) atoms.